The van der Waals surface area contributed by atoms with Crippen LogP contribution < -0.4 is 10.1 Å². The van der Waals surface area contributed by atoms with E-state index in [1.54, 1.807) is 30.3 Å². The highest BCUT2D eigenvalue weighted by molar-refractivity contribution is 5.91. The number of hydrogen-bond acceptors (Lipinski definition) is 3. The van der Waals surface area contributed by atoms with Crippen molar-refractivity contribution in [3.05, 3.63) is 42.0 Å². The first-order valence-corrected chi connectivity index (χ1v) is 7.59. The molecule has 0 saturated carbocycles. The lowest BCUT2D eigenvalue weighted by Crippen LogP contribution is -2.49. The standard InChI is InChI=1S/C17H19F3N2O.2ClH/c1-23-15-7-6-14(12-4-2-3-5-13(12)15)16(17(18,19)20)22-10-8-21-9-11-22;;/h2-7,16,21H,8-11H2,1H3;2*1H/t16-;;/m0../s1. The lowest BCUT2D eigenvalue weighted by atomic mass is 9.96. The second kappa shape index (κ2) is 8.94. The van der Waals surface area contributed by atoms with Crippen LogP contribution >= 0.6 is 24.8 Å². The molecule has 1 heterocycles. The maximum absolute atomic E-state index is 13.8. The van der Waals surface area contributed by atoms with Gasteiger partial charge in [0.15, 0.2) is 0 Å². The number of piperazine rings is 1. The molecule has 0 amide bonds. The Hall–Kier alpha value is -1.21. The summed E-state index contributed by atoms with van der Waals surface area (Å²) in [5, 5.41) is 4.39. The number of hydrogen-bond donors (Lipinski definition) is 1. The van der Waals surface area contributed by atoms with Crippen LogP contribution in [-0.4, -0.2) is 44.4 Å². The first-order valence-electron chi connectivity index (χ1n) is 7.59. The molecule has 2 aromatic rings. The molecule has 2 aromatic carbocycles. The van der Waals surface area contributed by atoms with Gasteiger partial charge < -0.3 is 10.1 Å². The van der Waals surface area contributed by atoms with E-state index in [1.807, 2.05) is 6.07 Å². The van der Waals surface area contributed by atoms with Gasteiger partial charge in [-0.3, -0.25) is 4.90 Å². The number of alkyl halides is 3. The quantitative estimate of drug-likeness (QED) is 0.841. The molecule has 1 saturated heterocycles. The first kappa shape index (κ1) is 21.8. The zero-order valence-electron chi connectivity index (χ0n) is 13.7. The third-order valence-electron chi connectivity index (χ3n) is 4.26. The Morgan fingerprint density at radius 2 is 1.60 bits per heavy atom. The van der Waals surface area contributed by atoms with Gasteiger partial charge in [0.1, 0.15) is 11.8 Å². The zero-order valence-corrected chi connectivity index (χ0v) is 15.3. The van der Waals surface area contributed by atoms with Crippen LogP contribution in [-0.2, 0) is 0 Å². The number of halogens is 5. The fraction of sp³-hybridized carbons (Fsp3) is 0.412. The predicted molar refractivity (Wildman–Crippen MR) is 98.2 cm³/mol. The highest BCUT2D eigenvalue weighted by atomic mass is 35.5. The van der Waals surface area contributed by atoms with Gasteiger partial charge in [-0.1, -0.05) is 30.3 Å². The summed E-state index contributed by atoms with van der Waals surface area (Å²) in [6.45, 7) is 1.90. The van der Waals surface area contributed by atoms with E-state index in [9.17, 15) is 13.2 Å². The largest absolute Gasteiger partial charge is 0.496 e. The van der Waals surface area contributed by atoms with E-state index >= 15 is 0 Å². The molecule has 0 spiro atoms. The van der Waals surface area contributed by atoms with Gasteiger partial charge in [-0.2, -0.15) is 13.2 Å². The molecule has 0 radical (unpaired) electrons. The minimum atomic E-state index is -4.32. The number of nitrogens with zero attached hydrogens (tertiary/aromatic N) is 1. The topological polar surface area (TPSA) is 24.5 Å². The highest BCUT2D eigenvalue weighted by Crippen LogP contribution is 2.42. The van der Waals surface area contributed by atoms with Crippen molar-refractivity contribution in [1.29, 1.82) is 0 Å². The Morgan fingerprint density at radius 1 is 1.00 bits per heavy atom. The van der Waals surface area contributed by atoms with Crippen molar-refractivity contribution < 1.29 is 17.9 Å². The molecule has 3 nitrogen and oxygen atoms in total. The van der Waals surface area contributed by atoms with Crippen molar-refractivity contribution in [1.82, 2.24) is 10.2 Å². The molecule has 0 aliphatic carbocycles. The number of rotatable bonds is 3. The molecule has 1 N–H and O–H groups in total. The Bertz CT molecular complexity index is 691. The molecule has 0 aromatic heterocycles. The van der Waals surface area contributed by atoms with E-state index in [-0.39, 0.29) is 30.4 Å². The summed E-state index contributed by atoms with van der Waals surface area (Å²) in [4.78, 5) is 1.50. The Balaban J connectivity index is 0.00000156. The molecule has 1 atom stereocenters. The lowest BCUT2D eigenvalue weighted by molar-refractivity contribution is -0.187. The van der Waals surface area contributed by atoms with Crippen molar-refractivity contribution in [2.45, 2.75) is 12.2 Å². The molecule has 140 valence electrons. The van der Waals surface area contributed by atoms with Gasteiger partial charge in [-0.05, 0) is 17.0 Å². The van der Waals surface area contributed by atoms with E-state index in [0.717, 1.165) is 0 Å². The smallest absolute Gasteiger partial charge is 0.408 e. The molecular formula is C17H21Cl2F3N2O. The van der Waals surface area contributed by atoms with E-state index in [1.165, 1.54) is 12.0 Å². The van der Waals surface area contributed by atoms with Crippen LogP contribution in [0.4, 0.5) is 13.2 Å². The van der Waals surface area contributed by atoms with E-state index in [0.29, 0.717) is 42.7 Å². The van der Waals surface area contributed by atoms with Crippen molar-refractivity contribution in [2.75, 3.05) is 33.3 Å². The van der Waals surface area contributed by atoms with Crippen LogP contribution in [0.2, 0.25) is 0 Å². The van der Waals surface area contributed by atoms with E-state index in [4.69, 9.17) is 4.74 Å². The van der Waals surface area contributed by atoms with Gasteiger partial charge in [0.2, 0.25) is 0 Å². The highest BCUT2D eigenvalue weighted by Gasteiger charge is 2.45. The summed E-state index contributed by atoms with van der Waals surface area (Å²) in [6.07, 6.45) is -4.32. The molecule has 3 rings (SSSR count). The Labute approximate surface area is 157 Å². The van der Waals surface area contributed by atoms with E-state index < -0.39 is 12.2 Å². The summed E-state index contributed by atoms with van der Waals surface area (Å²) in [6, 6.07) is 8.66. The summed E-state index contributed by atoms with van der Waals surface area (Å²) >= 11 is 0. The monoisotopic (exact) mass is 396 g/mol. The second-order valence-corrected chi connectivity index (χ2v) is 5.63. The second-order valence-electron chi connectivity index (χ2n) is 5.63. The zero-order chi connectivity index (χ0) is 16.4. The molecule has 1 aliphatic rings. The average Bonchev–Trinajstić information content (AvgIpc) is 2.55. The van der Waals surface area contributed by atoms with Crippen molar-refractivity contribution in [3.63, 3.8) is 0 Å². The molecule has 1 fully saturated rings. The van der Waals surface area contributed by atoms with Crippen LogP contribution in [0.1, 0.15) is 11.6 Å². The van der Waals surface area contributed by atoms with Crippen molar-refractivity contribution >= 4 is 35.6 Å². The normalized spacial score (nSPS) is 16.6. The summed E-state index contributed by atoms with van der Waals surface area (Å²) in [7, 11) is 1.53. The number of fused-ring (bicyclic) bond motifs is 1. The maximum atomic E-state index is 13.8. The van der Waals surface area contributed by atoms with Crippen LogP contribution in [0.25, 0.3) is 10.8 Å². The number of nitrogens with one attached hydrogen (secondary N) is 1. The van der Waals surface area contributed by atoms with Crippen LogP contribution in [0, 0.1) is 0 Å². The van der Waals surface area contributed by atoms with Crippen molar-refractivity contribution in [2.24, 2.45) is 0 Å². The average molecular weight is 397 g/mol. The van der Waals surface area contributed by atoms with Crippen LogP contribution in [0.15, 0.2) is 36.4 Å². The van der Waals surface area contributed by atoms with Gasteiger partial charge in [0.05, 0.1) is 7.11 Å². The number of benzene rings is 2. The Morgan fingerprint density at radius 3 is 2.16 bits per heavy atom. The van der Waals surface area contributed by atoms with Crippen LogP contribution in [0.3, 0.4) is 0 Å². The van der Waals surface area contributed by atoms with Gasteiger partial charge in [-0.25, -0.2) is 0 Å². The maximum Gasteiger partial charge on any atom is 0.408 e. The Kier molecular flexibility index (Phi) is 7.81. The lowest BCUT2D eigenvalue weighted by Gasteiger charge is -2.36. The molecule has 0 bridgehead atoms. The molecule has 0 unspecified atom stereocenters. The van der Waals surface area contributed by atoms with E-state index in [2.05, 4.69) is 5.32 Å². The van der Waals surface area contributed by atoms with Gasteiger partial charge in [0, 0.05) is 31.6 Å². The summed E-state index contributed by atoms with van der Waals surface area (Å²) in [5.41, 5.74) is 0.288. The minimum Gasteiger partial charge on any atom is -0.496 e. The van der Waals surface area contributed by atoms with Gasteiger partial charge in [0.25, 0.3) is 0 Å². The molecule has 8 heteroatoms. The molecule has 25 heavy (non-hydrogen) atoms. The molecular weight excluding hydrogens is 376 g/mol. The van der Waals surface area contributed by atoms with Gasteiger partial charge in [-0.15, -0.1) is 24.8 Å². The SMILES string of the molecule is COc1ccc([C@H](N2CCNCC2)C(F)(F)F)c2ccccc12.Cl.Cl. The third-order valence-corrected chi connectivity index (χ3v) is 4.26. The number of methoxy groups -OCH3 is 1. The first-order chi connectivity index (χ1) is 11.0. The predicted octanol–water partition coefficient (Wildman–Crippen LogP) is 4.20. The number of ether oxygens (including phenoxy) is 1. The molecule has 1 aliphatic heterocycles. The third kappa shape index (κ3) is 4.50. The van der Waals surface area contributed by atoms with Gasteiger partial charge >= 0.3 is 6.18 Å². The van der Waals surface area contributed by atoms with Crippen LogP contribution in [0.5, 0.6) is 5.75 Å². The summed E-state index contributed by atoms with van der Waals surface area (Å²) < 4.78 is 46.7. The fourth-order valence-electron chi connectivity index (χ4n) is 3.23. The fourth-order valence-corrected chi connectivity index (χ4v) is 3.23. The van der Waals surface area contributed by atoms with Crippen molar-refractivity contribution in [3.8, 4) is 5.75 Å². The summed E-state index contributed by atoms with van der Waals surface area (Å²) in [5.74, 6) is 0.589. The minimum absolute atomic E-state index is 0.